The van der Waals surface area contributed by atoms with Crippen LogP contribution in [0.15, 0.2) is 78.9 Å². The molecule has 4 aliphatic carbocycles. The van der Waals surface area contributed by atoms with Crippen molar-refractivity contribution in [3.63, 3.8) is 0 Å². The fraction of sp³-hybridized carbons (Fsp3) is 0.569. The third-order valence-electron chi connectivity index (χ3n) is 15.8. The van der Waals surface area contributed by atoms with Gasteiger partial charge in [0.1, 0.15) is 18.3 Å². The number of hydrogen-bond acceptors (Lipinski definition) is 11. The predicted molar refractivity (Wildman–Crippen MR) is 247 cm³/mol. The number of esters is 4. The zero-order chi connectivity index (χ0) is 47.9. The van der Waals surface area contributed by atoms with E-state index in [9.17, 15) is 40.9 Å². The maximum Gasteiger partial charge on any atom is 0.369 e. The van der Waals surface area contributed by atoms with E-state index in [0.29, 0.717) is 26.2 Å². The summed E-state index contributed by atoms with van der Waals surface area (Å²) in [5, 5.41) is -1.97. The summed E-state index contributed by atoms with van der Waals surface area (Å²) in [5.74, 6) is -2.16. The minimum Gasteiger partial charge on any atom is -0.743 e. The molecule has 0 aliphatic heterocycles. The van der Waals surface area contributed by atoms with Crippen LogP contribution in [0.5, 0.6) is 0 Å². The highest BCUT2D eigenvalue weighted by Gasteiger charge is 2.67. The molecule has 0 spiro atoms. The number of carbonyl (C=O) groups excluding carboxylic acids is 4. The molecule has 0 amide bonds. The van der Waals surface area contributed by atoms with Gasteiger partial charge in [-0.2, -0.15) is 8.78 Å². The zero-order valence-electron chi connectivity index (χ0n) is 38.7. The molecule has 0 N–H and O–H groups in total. The second kappa shape index (κ2) is 19.3. The average molecular weight is 953 g/mol. The Morgan fingerprint density at radius 1 is 0.773 bits per heavy atom. The van der Waals surface area contributed by atoms with Crippen LogP contribution in [0.4, 0.5) is 8.78 Å². The topological polar surface area (TPSA) is 162 Å². The van der Waals surface area contributed by atoms with Crippen molar-refractivity contribution in [2.24, 2.45) is 46.3 Å². The van der Waals surface area contributed by atoms with Gasteiger partial charge in [0, 0.05) is 59.8 Å². The Morgan fingerprint density at radius 2 is 1.35 bits per heavy atom. The zero-order valence-corrected chi connectivity index (χ0v) is 40.3. The summed E-state index contributed by atoms with van der Waals surface area (Å²) < 4.78 is 86.0. The minimum atomic E-state index is -6.02. The Bertz CT molecular complexity index is 2490. The van der Waals surface area contributed by atoms with Crippen LogP contribution in [0, 0.1) is 46.3 Å². The minimum absolute atomic E-state index is 0.0125. The fourth-order valence-corrected chi connectivity index (χ4v) is 15.7. The van der Waals surface area contributed by atoms with E-state index < -0.39 is 44.9 Å². The average Bonchev–Trinajstić information content (AvgIpc) is 3.79. The van der Waals surface area contributed by atoms with E-state index in [1.165, 1.54) is 45.8 Å². The number of thiophene rings is 1. The maximum atomic E-state index is 13.9. The first-order valence-electron chi connectivity index (χ1n) is 23.1. The number of carbonyl (C=O) groups is 4. The summed E-state index contributed by atoms with van der Waals surface area (Å²) in [7, 11) is -5.96. The molecule has 4 saturated carbocycles. The highest BCUT2D eigenvalue weighted by Crippen LogP contribution is 2.69. The van der Waals surface area contributed by atoms with Gasteiger partial charge in [0.2, 0.25) is 0 Å². The van der Waals surface area contributed by atoms with Gasteiger partial charge in [-0.25, -0.2) is 8.42 Å². The number of alkyl halides is 2. The molecule has 0 radical (unpaired) electrons. The molecule has 0 bridgehead atoms. The van der Waals surface area contributed by atoms with Crippen molar-refractivity contribution in [1.82, 2.24) is 0 Å². The summed E-state index contributed by atoms with van der Waals surface area (Å²) in [6.07, 6.45) is 1.37. The molecule has 15 heteroatoms. The Hall–Kier alpha value is -4.47. The van der Waals surface area contributed by atoms with Crippen LogP contribution in [0.3, 0.4) is 0 Å². The summed E-state index contributed by atoms with van der Waals surface area (Å²) >= 11 is 0. The first-order valence-corrected chi connectivity index (χ1v) is 25.7. The molecule has 3 aromatic carbocycles. The third kappa shape index (κ3) is 9.50. The lowest BCUT2D eigenvalue weighted by molar-refractivity contribution is -0.224. The van der Waals surface area contributed by atoms with Gasteiger partial charge >= 0.3 is 29.1 Å². The van der Waals surface area contributed by atoms with E-state index in [2.05, 4.69) is 97.4 Å². The van der Waals surface area contributed by atoms with Crippen molar-refractivity contribution >= 4 is 64.6 Å². The van der Waals surface area contributed by atoms with Gasteiger partial charge in [-0.15, -0.1) is 0 Å². The van der Waals surface area contributed by atoms with Crippen LogP contribution in [0.25, 0.3) is 25.1 Å². The normalized spacial score (nSPS) is 30.3. The second-order valence-electron chi connectivity index (χ2n) is 19.5. The van der Waals surface area contributed by atoms with Crippen LogP contribution in [0.2, 0.25) is 0 Å². The molecule has 4 aromatic rings. The summed E-state index contributed by atoms with van der Waals surface area (Å²) in [4.78, 5) is 50.6. The molecular formula is C51H62F2O11S2. The van der Waals surface area contributed by atoms with E-state index in [4.69, 9.17) is 14.2 Å². The van der Waals surface area contributed by atoms with Crippen molar-refractivity contribution in [3.05, 3.63) is 78.9 Å². The van der Waals surface area contributed by atoms with Crippen molar-refractivity contribution in [2.75, 3.05) is 0 Å². The molecule has 1 aromatic heterocycles. The number of ether oxygens (including phenoxy) is 4. The number of rotatable bonds is 11. The molecule has 11 nitrogen and oxygen atoms in total. The first-order chi connectivity index (χ1) is 31.1. The number of hydrogen-bond donors (Lipinski definition) is 0. The summed E-state index contributed by atoms with van der Waals surface area (Å²) in [5.41, 5.74) is -0.717. The quantitative estimate of drug-likeness (QED) is 0.0608. The lowest BCUT2D eigenvalue weighted by Gasteiger charge is -2.64. The molecule has 8 rings (SSSR count). The molecular weight excluding hydrogens is 891 g/mol. The molecule has 0 saturated heterocycles. The van der Waals surface area contributed by atoms with E-state index >= 15 is 0 Å². The smallest absolute Gasteiger partial charge is 0.369 e. The highest BCUT2D eigenvalue weighted by atomic mass is 32.2. The van der Waals surface area contributed by atoms with Crippen LogP contribution >= 0.6 is 10.5 Å². The van der Waals surface area contributed by atoms with Crippen LogP contribution in [-0.2, 0) is 48.2 Å². The number of benzene rings is 3. The SMILES string of the molecule is CC(=O)O[C@@H]1CC[C@@]2(C)[C@@H](C1)C[C@@H](OC(C)=O)[C@@H]1[C@@H]2C[C@H](OC(C)=O)[C@]2(C)[C@@H](C(C)CCC(=O)OC(C)C(F)(F)S(=O)(=O)[O-])CC[C@@H]12.c1ccc(-[s+]2c3ccccc3c3ccccc32)cc1. The van der Waals surface area contributed by atoms with Gasteiger partial charge in [0.15, 0.2) is 30.5 Å². The second-order valence-corrected chi connectivity index (χ2v) is 23.0. The molecule has 1 heterocycles. The first kappa shape index (κ1) is 49.4. The lowest BCUT2D eigenvalue weighted by atomic mass is 9.43. The fourth-order valence-electron chi connectivity index (χ4n) is 12.9. The van der Waals surface area contributed by atoms with Gasteiger partial charge in [-0.05, 0) is 130 Å². The third-order valence-corrected chi connectivity index (χ3v) is 19.1. The number of halogens is 2. The molecule has 66 heavy (non-hydrogen) atoms. The van der Waals surface area contributed by atoms with Crippen LogP contribution in [-0.4, -0.2) is 66.5 Å². The molecule has 2 unspecified atom stereocenters. The lowest BCUT2D eigenvalue weighted by Crippen LogP contribution is -2.63. The van der Waals surface area contributed by atoms with E-state index in [0.717, 1.165) is 25.7 Å². The predicted octanol–water partition coefficient (Wildman–Crippen LogP) is 10.9. The van der Waals surface area contributed by atoms with E-state index in [1.807, 2.05) is 6.92 Å². The summed E-state index contributed by atoms with van der Waals surface area (Å²) in [6, 6.07) is 28.4. The number of fused-ring (bicyclic) bond motifs is 8. The van der Waals surface area contributed by atoms with Crippen molar-refractivity contribution < 1.29 is 59.9 Å². The molecule has 4 aliphatic rings. The Labute approximate surface area is 389 Å². The largest absolute Gasteiger partial charge is 0.743 e. The molecule has 4 fully saturated rings. The van der Waals surface area contributed by atoms with Gasteiger partial charge in [0.25, 0.3) is 0 Å². The van der Waals surface area contributed by atoms with Crippen LogP contribution in [0.1, 0.15) is 106 Å². The Kier molecular flexibility index (Phi) is 14.4. The van der Waals surface area contributed by atoms with Crippen molar-refractivity contribution in [1.29, 1.82) is 0 Å². The standard InChI is InChI=1S/C33H50F2O11S.C18H13S/c1-17(8-11-29(39)43-18(2)33(34,35)47(40,41)42)24-9-10-25-30-26(16-28(32(24,25)7)46-21(5)38)31(6)13-12-23(44-19(3)36)14-22(31)15-27(30)45-20(4)37;1-2-8-14(9-3-1)19-17-12-6-4-10-15(17)16-11-5-7-13-18(16)19/h17-18,22-28,30H,8-16H2,1-7H3,(H,40,41,42);1-13H/q;+1/p-1/t17?,18?,22-,23+,24+,25-,26-,27+,28-,30-,31-,32+;/m0./s1. The molecule has 358 valence electrons. The van der Waals surface area contributed by atoms with Gasteiger partial charge in [-0.1, -0.05) is 63.2 Å². The van der Waals surface area contributed by atoms with Crippen molar-refractivity contribution in [3.8, 4) is 4.90 Å². The van der Waals surface area contributed by atoms with Gasteiger partial charge in [0.05, 0.1) is 0 Å². The van der Waals surface area contributed by atoms with E-state index in [-0.39, 0.29) is 88.4 Å². The highest BCUT2D eigenvalue weighted by molar-refractivity contribution is 7.86. The summed E-state index contributed by atoms with van der Waals surface area (Å²) in [6.45, 7) is 11.2. The van der Waals surface area contributed by atoms with E-state index in [1.54, 1.807) is 0 Å². The maximum absolute atomic E-state index is 13.9. The Morgan fingerprint density at radius 3 is 1.92 bits per heavy atom. The Balaban J connectivity index is 0.000000279. The molecule has 12 atom stereocenters. The van der Waals surface area contributed by atoms with Gasteiger partial charge < -0.3 is 23.5 Å². The monoisotopic (exact) mass is 952 g/mol. The van der Waals surface area contributed by atoms with Crippen LogP contribution < -0.4 is 0 Å². The van der Waals surface area contributed by atoms with Crippen molar-refractivity contribution in [2.45, 2.75) is 136 Å². The van der Waals surface area contributed by atoms with Gasteiger partial charge in [-0.3, -0.25) is 19.2 Å².